The molecule has 0 fully saturated rings. The Bertz CT molecular complexity index is 557. The highest BCUT2D eigenvalue weighted by Crippen LogP contribution is 2.35. The minimum Gasteiger partial charge on any atom is -0.293 e. The van der Waals surface area contributed by atoms with Gasteiger partial charge in [0.1, 0.15) is 5.71 Å². The summed E-state index contributed by atoms with van der Waals surface area (Å²) in [5.41, 5.74) is 4.44. The van der Waals surface area contributed by atoms with Gasteiger partial charge in [0.2, 0.25) is 0 Å². The van der Waals surface area contributed by atoms with Gasteiger partial charge in [-0.1, -0.05) is 18.2 Å². The molecule has 0 unspecified atom stereocenters. The zero-order valence-electron chi connectivity index (χ0n) is 11.2. The van der Waals surface area contributed by atoms with Crippen LogP contribution in [0.2, 0.25) is 0 Å². The van der Waals surface area contributed by atoms with Gasteiger partial charge < -0.3 is 0 Å². The first-order valence-electron chi connectivity index (χ1n) is 6.90. The number of Topliss-reactive ketones (excluding diaryl/α,β-unsaturated/α-hetero) is 1. The van der Waals surface area contributed by atoms with E-state index >= 15 is 0 Å². The average Bonchev–Trinajstić information content (AvgIpc) is 2.47. The number of hydrazone groups is 1. The van der Waals surface area contributed by atoms with Gasteiger partial charge in [0.05, 0.1) is 5.69 Å². The zero-order valence-corrected chi connectivity index (χ0v) is 11.2. The summed E-state index contributed by atoms with van der Waals surface area (Å²) in [4.78, 5) is 11.7. The number of nitrogens with zero attached hydrogens (tertiary/aromatic N) is 2. The molecule has 3 heteroatoms. The van der Waals surface area contributed by atoms with Crippen LogP contribution in [0, 0.1) is 0 Å². The molecule has 3 nitrogen and oxygen atoms in total. The van der Waals surface area contributed by atoms with Gasteiger partial charge in [-0.3, -0.25) is 4.79 Å². The summed E-state index contributed by atoms with van der Waals surface area (Å²) in [6, 6.07) is 10.1. The SMILES string of the molecule is CC(=O)C1=NN(c2ccccc2)C2=C(CCCC2)C1. The van der Waals surface area contributed by atoms with Crippen LogP contribution in [0.1, 0.15) is 39.0 Å². The number of para-hydroxylation sites is 1. The van der Waals surface area contributed by atoms with Crippen molar-refractivity contribution in [1.29, 1.82) is 0 Å². The zero-order chi connectivity index (χ0) is 13.2. The first kappa shape index (κ1) is 12.2. The predicted octanol–water partition coefficient (Wildman–Crippen LogP) is 3.67. The maximum atomic E-state index is 11.7. The van der Waals surface area contributed by atoms with Crippen molar-refractivity contribution in [3.8, 4) is 0 Å². The Kier molecular flexibility index (Phi) is 3.20. The number of carbonyl (C=O) groups is 1. The first-order chi connectivity index (χ1) is 9.25. The Morgan fingerprint density at radius 2 is 1.89 bits per heavy atom. The van der Waals surface area contributed by atoms with Crippen molar-refractivity contribution >= 4 is 17.2 Å². The molecule has 1 aliphatic carbocycles. The molecule has 19 heavy (non-hydrogen) atoms. The molecule has 3 rings (SSSR count). The molecule has 0 spiro atoms. The maximum Gasteiger partial charge on any atom is 0.176 e. The lowest BCUT2D eigenvalue weighted by molar-refractivity contribution is -0.111. The van der Waals surface area contributed by atoms with Gasteiger partial charge in [0, 0.05) is 19.0 Å². The van der Waals surface area contributed by atoms with Gasteiger partial charge in [0.25, 0.3) is 0 Å². The molecule has 2 aliphatic rings. The molecule has 0 N–H and O–H groups in total. The molecule has 0 saturated carbocycles. The fourth-order valence-electron chi connectivity index (χ4n) is 2.79. The van der Waals surface area contributed by atoms with Crippen LogP contribution in [0.4, 0.5) is 5.69 Å². The van der Waals surface area contributed by atoms with E-state index in [2.05, 4.69) is 5.10 Å². The van der Waals surface area contributed by atoms with Gasteiger partial charge in [-0.05, 0) is 43.4 Å². The van der Waals surface area contributed by atoms with Crippen LogP contribution in [-0.4, -0.2) is 11.5 Å². The van der Waals surface area contributed by atoms with Gasteiger partial charge in [-0.25, -0.2) is 5.01 Å². The summed E-state index contributed by atoms with van der Waals surface area (Å²) in [6.45, 7) is 1.61. The number of anilines is 1. The smallest absolute Gasteiger partial charge is 0.176 e. The summed E-state index contributed by atoms with van der Waals surface area (Å²) < 4.78 is 0. The van der Waals surface area contributed by atoms with E-state index in [-0.39, 0.29) is 5.78 Å². The molecule has 1 heterocycles. The van der Waals surface area contributed by atoms with Gasteiger partial charge in [-0.2, -0.15) is 5.10 Å². The van der Waals surface area contributed by atoms with E-state index in [4.69, 9.17) is 0 Å². The summed E-state index contributed by atoms with van der Waals surface area (Å²) in [6.07, 6.45) is 5.36. The monoisotopic (exact) mass is 254 g/mol. The van der Waals surface area contributed by atoms with Crippen LogP contribution in [0.5, 0.6) is 0 Å². The molecule has 0 bridgehead atoms. The number of allylic oxidation sites excluding steroid dienone is 2. The Morgan fingerprint density at radius 3 is 2.63 bits per heavy atom. The molecule has 0 radical (unpaired) electrons. The van der Waals surface area contributed by atoms with E-state index in [1.807, 2.05) is 35.3 Å². The van der Waals surface area contributed by atoms with Crippen molar-refractivity contribution in [3.63, 3.8) is 0 Å². The van der Waals surface area contributed by atoms with Gasteiger partial charge >= 0.3 is 0 Å². The Morgan fingerprint density at radius 1 is 1.16 bits per heavy atom. The highest BCUT2D eigenvalue weighted by atomic mass is 16.1. The minimum absolute atomic E-state index is 0.0815. The summed E-state index contributed by atoms with van der Waals surface area (Å²) in [5.74, 6) is 0.0815. The van der Waals surface area contributed by atoms with Crippen molar-refractivity contribution in [3.05, 3.63) is 41.6 Å². The number of hydrogen-bond acceptors (Lipinski definition) is 3. The van der Waals surface area contributed by atoms with E-state index in [1.165, 1.54) is 24.1 Å². The van der Waals surface area contributed by atoms with Crippen LogP contribution in [-0.2, 0) is 4.79 Å². The van der Waals surface area contributed by atoms with Crippen molar-refractivity contribution in [2.75, 3.05) is 5.01 Å². The molecule has 1 aromatic rings. The van der Waals surface area contributed by atoms with Crippen LogP contribution in [0.3, 0.4) is 0 Å². The number of ketones is 1. The van der Waals surface area contributed by atoms with Crippen LogP contribution in [0.25, 0.3) is 0 Å². The quantitative estimate of drug-likeness (QED) is 0.806. The van der Waals surface area contributed by atoms with Crippen molar-refractivity contribution in [2.24, 2.45) is 5.10 Å². The second kappa shape index (κ2) is 5.00. The molecule has 0 aromatic heterocycles. The fraction of sp³-hybridized carbons (Fsp3) is 0.375. The average molecular weight is 254 g/mol. The Balaban J connectivity index is 2.04. The number of carbonyl (C=O) groups excluding carboxylic acids is 1. The number of hydrogen-bond donors (Lipinski definition) is 0. The third-order valence-corrected chi connectivity index (χ3v) is 3.81. The lowest BCUT2D eigenvalue weighted by Gasteiger charge is -2.32. The predicted molar refractivity (Wildman–Crippen MR) is 77.1 cm³/mol. The van der Waals surface area contributed by atoms with Crippen molar-refractivity contribution < 1.29 is 4.79 Å². The standard InChI is InChI=1S/C16H18N2O/c1-12(19)15-11-13-7-5-6-10-16(13)18(17-15)14-8-3-2-4-9-14/h2-4,8-9H,5-7,10-11H2,1H3. The second-order valence-corrected chi connectivity index (χ2v) is 5.18. The minimum atomic E-state index is 0.0815. The lowest BCUT2D eigenvalue weighted by atomic mass is 9.90. The highest BCUT2D eigenvalue weighted by Gasteiger charge is 2.26. The lowest BCUT2D eigenvalue weighted by Crippen LogP contribution is -2.29. The molecule has 0 amide bonds. The van der Waals surface area contributed by atoms with Crippen LogP contribution < -0.4 is 5.01 Å². The summed E-state index contributed by atoms with van der Waals surface area (Å²) in [7, 11) is 0. The molecule has 1 aromatic carbocycles. The Labute approximate surface area is 113 Å². The second-order valence-electron chi connectivity index (χ2n) is 5.18. The fourth-order valence-corrected chi connectivity index (χ4v) is 2.79. The van der Waals surface area contributed by atoms with Crippen molar-refractivity contribution in [1.82, 2.24) is 0 Å². The van der Waals surface area contributed by atoms with Crippen LogP contribution >= 0.6 is 0 Å². The molecular weight excluding hydrogens is 236 g/mol. The first-order valence-corrected chi connectivity index (χ1v) is 6.90. The highest BCUT2D eigenvalue weighted by molar-refractivity contribution is 6.39. The topological polar surface area (TPSA) is 32.7 Å². The molecule has 0 atom stereocenters. The summed E-state index contributed by atoms with van der Waals surface area (Å²) >= 11 is 0. The molecule has 0 saturated heterocycles. The van der Waals surface area contributed by atoms with E-state index in [0.717, 1.165) is 24.9 Å². The van der Waals surface area contributed by atoms with Crippen molar-refractivity contribution in [2.45, 2.75) is 39.0 Å². The largest absolute Gasteiger partial charge is 0.293 e. The van der Waals surface area contributed by atoms with Gasteiger partial charge in [-0.15, -0.1) is 0 Å². The third-order valence-electron chi connectivity index (χ3n) is 3.81. The third kappa shape index (κ3) is 2.33. The molecular formula is C16H18N2O. The number of benzene rings is 1. The van der Waals surface area contributed by atoms with Crippen LogP contribution in [0.15, 0.2) is 46.7 Å². The molecule has 98 valence electrons. The van der Waals surface area contributed by atoms with E-state index in [9.17, 15) is 4.79 Å². The molecule has 1 aliphatic heterocycles. The number of rotatable bonds is 2. The maximum absolute atomic E-state index is 11.7. The van der Waals surface area contributed by atoms with E-state index in [1.54, 1.807) is 6.92 Å². The summed E-state index contributed by atoms with van der Waals surface area (Å²) in [5, 5.41) is 6.56. The normalized spacial score (nSPS) is 19.0. The van der Waals surface area contributed by atoms with E-state index in [0.29, 0.717) is 5.71 Å². The van der Waals surface area contributed by atoms with E-state index < -0.39 is 0 Å². The van der Waals surface area contributed by atoms with Gasteiger partial charge in [0.15, 0.2) is 5.78 Å². The Hall–Kier alpha value is -1.90.